The lowest BCUT2D eigenvalue weighted by molar-refractivity contribution is 0.508. The van der Waals surface area contributed by atoms with Gasteiger partial charge >= 0.3 is 0 Å². The van der Waals surface area contributed by atoms with Gasteiger partial charge in [0.05, 0.1) is 5.75 Å². The molecule has 0 heterocycles. The predicted molar refractivity (Wildman–Crippen MR) is 32.5 cm³/mol. The molecular weight excluding hydrogens is 129 g/mol. The minimum Gasteiger partial charge on any atom is -0.343 e. The zero-order valence-corrected chi connectivity index (χ0v) is 5.44. The first kappa shape index (κ1) is 7.93. The summed E-state index contributed by atoms with van der Waals surface area (Å²) in [6, 6.07) is 0. The molecule has 0 aromatic carbocycles. The normalized spacial score (nSPS) is 11.6. The SMILES string of the molecule is BOS(=O)(=O)CCN. The van der Waals surface area contributed by atoms with E-state index in [1.54, 1.807) is 0 Å². The highest BCUT2D eigenvalue weighted by Gasteiger charge is 2.03. The Morgan fingerprint density at radius 3 is 2.25 bits per heavy atom. The molecule has 0 radical (unpaired) electrons. The lowest BCUT2D eigenvalue weighted by Gasteiger charge is -1.95. The first-order valence-corrected chi connectivity index (χ1v) is 3.68. The largest absolute Gasteiger partial charge is 0.343 e. The topological polar surface area (TPSA) is 69.4 Å². The molecule has 8 heavy (non-hydrogen) atoms. The number of nitrogens with two attached hydrogens (primary N) is 1. The van der Waals surface area contributed by atoms with Crippen molar-refractivity contribution in [2.24, 2.45) is 5.73 Å². The van der Waals surface area contributed by atoms with Crippen LogP contribution in [-0.4, -0.2) is 28.8 Å². The van der Waals surface area contributed by atoms with Gasteiger partial charge in [-0.2, -0.15) is 0 Å². The maximum Gasteiger partial charge on any atom is 0.283 e. The van der Waals surface area contributed by atoms with Gasteiger partial charge < -0.3 is 9.83 Å². The van der Waals surface area contributed by atoms with Gasteiger partial charge in [-0.25, -0.2) is 8.42 Å². The Morgan fingerprint density at radius 1 is 1.62 bits per heavy atom. The third kappa shape index (κ3) is 3.01. The van der Waals surface area contributed by atoms with Crippen LogP contribution < -0.4 is 5.73 Å². The Hall–Kier alpha value is -0.0651. The molecule has 0 saturated heterocycles. The summed E-state index contributed by atoms with van der Waals surface area (Å²) in [7, 11) is -2.18. The van der Waals surface area contributed by atoms with Gasteiger partial charge in [-0.05, 0) is 0 Å². The van der Waals surface area contributed by atoms with E-state index in [0.29, 0.717) is 0 Å². The molecule has 0 aliphatic heterocycles. The van der Waals surface area contributed by atoms with E-state index in [4.69, 9.17) is 5.73 Å². The van der Waals surface area contributed by atoms with Crippen LogP contribution >= 0.6 is 0 Å². The molecule has 4 nitrogen and oxygen atoms in total. The first-order chi connectivity index (χ1) is 3.62. The molecule has 2 N–H and O–H groups in total. The molecule has 0 aromatic rings. The zero-order valence-electron chi connectivity index (χ0n) is 4.62. The van der Waals surface area contributed by atoms with Gasteiger partial charge in [-0.15, -0.1) is 0 Å². The predicted octanol–water partition coefficient (Wildman–Crippen LogP) is -2.16. The molecule has 0 aliphatic carbocycles. The van der Waals surface area contributed by atoms with Crippen molar-refractivity contribution in [2.45, 2.75) is 0 Å². The molecule has 0 aromatic heterocycles. The maximum absolute atomic E-state index is 10.3. The summed E-state index contributed by atoms with van der Waals surface area (Å²) in [6.07, 6.45) is 0. The van der Waals surface area contributed by atoms with Gasteiger partial charge in [-0.1, -0.05) is 0 Å². The fraction of sp³-hybridized carbons (Fsp3) is 1.00. The first-order valence-electron chi connectivity index (χ1n) is 2.11. The smallest absolute Gasteiger partial charge is 0.283 e. The summed E-state index contributed by atoms with van der Waals surface area (Å²) in [5, 5.41) is 0. The fourth-order valence-corrected chi connectivity index (χ4v) is 0.683. The van der Waals surface area contributed by atoms with Gasteiger partial charge in [0, 0.05) is 6.54 Å². The summed E-state index contributed by atoms with van der Waals surface area (Å²) in [6.45, 7) is 0.107. The van der Waals surface area contributed by atoms with Crippen LogP contribution in [0.4, 0.5) is 0 Å². The zero-order chi connectivity index (χ0) is 6.62. The van der Waals surface area contributed by atoms with Crippen LogP contribution in [-0.2, 0) is 14.2 Å². The molecule has 0 spiro atoms. The number of rotatable bonds is 3. The summed E-state index contributed by atoms with van der Waals surface area (Å²) >= 11 is 0. The Morgan fingerprint density at radius 2 is 2.12 bits per heavy atom. The van der Waals surface area contributed by atoms with Gasteiger partial charge in [0.1, 0.15) is 0 Å². The van der Waals surface area contributed by atoms with Crippen LogP contribution in [0.1, 0.15) is 0 Å². The lowest BCUT2D eigenvalue weighted by Crippen LogP contribution is -2.16. The third-order valence-electron chi connectivity index (χ3n) is 0.622. The average Bonchev–Trinajstić information content (AvgIpc) is 1.67. The monoisotopic (exact) mass is 137 g/mol. The Labute approximate surface area is 49.6 Å². The molecule has 0 aliphatic rings. The van der Waals surface area contributed by atoms with Crippen LogP contribution in [0, 0.1) is 0 Å². The highest BCUT2D eigenvalue weighted by atomic mass is 32.2. The summed E-state index contributed by atoms with van der Waals surface area (Å²) in [5.74, 6) is -0.108. The summed E-state index contributed by atoms with van der Waals surface area (Å²) in [4.78, 5) is 0. The van der Waals surface area contributed by atoms with Crippen LogP contribution in [0.25, 0.3) is 0 Å². The van der Waals surface area contributed by atoms with Crippen LogP contribution in [0.15, 0.2) is 0 Å². The van der Waals surface area contributed by atoms with E-state index in [1.807, 2.05) is 0 Å². The third-order valence-corrected chi connectivity index (χ3v) is 1.87. The minimum absolute atomic E-state index is 0.107. The molecule has 0 fully saturated rings. The van der Waals surface area contributed by atoms with E-state index >= 15 is 0 Å². The van der Waals surface area contributed by atoms with E-state index < -0.39 is 10.1 Å². The molecule has 0 amide bonds. The second kappa shape index (κ2) is 3.06. The van der Waals surface area contributed by atoms with E-state index in [9.17, 15) is 8.42 Å². The molecular formula is C2H8BNO3S. The molecule has 6 heteroatoms. The van der Waals surface area contributed by atoms with Crippen molar-refractivity contribution in [1.82, 2.24) is 0 Å². The lowest BCUT2D eigenvalue weighted by atomic mass is 10.6. The summed E-state index contributed by atoms with van der Waals surface area (Å²) in [5.41, 5.74) is 4.93. The van der Waals surface area contributed by atoms with Gasteiger partial charge in [0.2, 0.25) is 0 Å². The highest BCUT2D eigenvalue weighted by Crippen LogP contribution is 1.84. The molecule has 48 valence electrons. The van der Waals surface area contributed by atoms with E-state index in [2.05, 4.69) is 4.10 Å². The number of hydrogen-bond donors (Lipinski definition) is 1. The van der Waals surface area contributed by atoms with E-state index in [1.165, 1.54) is 0 Å². The van der Waals surface area contributed by atoms with Crippen molar-refractivity contribution < 1.29 is 12.5 Å². The molecule has 0 rings (SSSR count). The van der Waals surface area contributed by atoms with Crippen molar-refractivity contribution >= 4 is 18.2 Å². The van der Waals surface area contributed by atoms with Gasteiger partial charge in [0.15, 0.2) is 0 Å². The fourth-order valence-electron chi connectivity index (χ4n) is 0.228. The second-order valence-corrected chi connectivity index (χ2v) is 3.07. The van der Waals surface area contributed by atoms with Crippen molar-refractivity contribution in [1.29, 1.82) is 0 Å². The molecule has 0 bridgehead atoms. The Kier molecular flexibility index (Phi) is 3.03. The van der Waals surface area contributed by atoms with E-state index in [0.717, 1.165) is 8.05 Å². The van der Waals surface area contributed by atoms with Gasteiger partial charge in [0.25, 0.3) is 18.2 Å². The Balaban J connectivity index is 3.76. The average molecular weight is 137 g/mol. The number of hydrogen-bond acceptors (Lipinski definition) is 4. The van der Waals surface area contributed by atoms with Crippen LogP contribution in [0.2, 0.25) is 0 Å². The minimum atomic E-state index is -3.29. The van der Waals surface area contributed by atoms with Crippen molar-refractivity contribution in [3.63, 3.8) is 0 Å². The molecule has 0 unspecified atom stereocenters. The van der Waals surface area contributed by atoms with E-state index in [-0.39, 0.29) is 12.3 Å². The van der Waals surface area contributed by atoms with Crippen molar-refractivity contribution in [2.75, 3.05) is 12.3 Å². The maximum atomic E-state index is 10.3. The molecule has 0 atom stereocenters. The second-order valence-electron chi connectivity index (χ2n) is 1.22. The highest BCUT2D eigenvalue weighted by molar-refractivity contribution is 7.87. The van der Waals surface area contributed by atoms with Crippen molar-refractivity contribution in [3.05, 3.63) is 0 Å². The van der Waals surface area contributed by atoms with Crippen molar-refractivity contribution in [3.8, 4) is 0 Å². The molecule has 0 saturated carbocycles. The Bertz CT molecular complexity index is 141. The standard InChI is InChI=1S/C2H8BNO3S/c3-7-8(5,6)2-1-4/h1-4H2. The van der Waals surface area contributed by atoms with Crippen LogP contribution in [0.3, 0.4) is 0 Å². The van der Waals surface area contributed by atoms with Crippen LogP contribution in [0.5, 0.6) is 0 Å². The quantitative estimate of drug-likeness (QED) is 0.450. The summed E-state index contributed by atoms with van der Waals surface area (Å²) < 4.78 is 24.7. The van der Waals surface area contributed by atoms with Gasteiger partial charge in [-0.3, -0.25) is 0 Å².